The highest BCUT2D eigenvalue weighted by atomic mass is 13.9. The highest BCUT2D eigenvalue weighted by Gasteiger charge is 1.86. The molecule has 0 bridgehead atoms. The van der Waals surface area contributed by atoms with Crippen LogP contribution in [0.4, 0.5) is 0 Å². The molecule has 1 radical (unpaired) electrons. The van der Waals surface area contributed by atoms with E-state index in [1.807, 2.05) is 0 Å². The Morgan fingerprint density at radius 2 is 1.36 bits per heavy atom. The van der Waals surface area contributed by atoms with Crippen molar-refractivity contribution in [1.82, 2.24) is 0 Å². The fourth-order valence-corrected chi connectivity index (χ4v) is 1.24. The van der Waals surface area contributed by atoms with Crippen LogP contribution >= 0.6 is 0 Å². The molecule has 0 saturated heterocycles. The second-order valence-corrected chi connectivity index (χ2v) is 3.00. The van der Waals surface area contributed by atoms with Crippen molar-refractivity contribution >= 4 is 0 Å². The summed E-state index contributed by atoms with van der Waals surface area (Å²) in [5.74, 6) is 0. The molecule has 11 heavy (non-hydrogen) atoms. The van der Waals surface area contributed by atoms with Gasteiger partial charge in [0, 0.05) is 0 Å². The summed E-state index contributed by atoms with van der Waals surface area (Å²) < 4.78 is 0. The molecule has 0 aromatic rings. The van der Waals surface area contributed by atoms with Crippen LogP contribution in [0.3, 0.4) is 0 Å². The molecule has 1 aliphatic rings. The molecule has 0 unspecified atom stereocenters. The number of hydrogen-bond donors (Lipinski definition) is 0. The Kier molecular flexibility index (Phi) is 4.84. The molecule has 0 heteroatoms. The van der Waals surface area contributed by atoms with E-state index in [-0.39, 0.29) is 0 Å². The Morgan fingerprint density at radius 1 is 0.636 bits per heavy atom. The average molecular weight is 149 g/mol. The summed E-state index contributed by atoms with van der Waals surface area (Å²) in [4.78, 5) is 0. The highest BCUT2D eigenvalue weighted by Crippen LogP contribution is 2.06. The summed E-state index contributed by atoms with van der Waals surface area (Å²) in [6, 6.07) is 0. The molecule has 61 valence electrons. The van der Waals surface area contributed by atoms with Gasteiger partial charge in [0.1, 0.15) is 0 Å². The molecular formula is C11H17. The lowest BCUT2D eigenvalue weighted by Crippen LogP contribution is -1.71. The lowest BCUT2D eigenvalue weighted by atomic mass is 10.2. The minimum Gasteiger partial charge on any atom is -0.0885 e. The summed E-state index contributed by atoms with van der Waals surface area (Å²) in [7, 11) is 0. The van der Waals surface area contributed by atoms with Crippen molar-refractivity contribution in [2.24, 2.45) is 0 Å². The number of rotatable bonds is 0. The van der Waals surface area contributed by atoms with E-state index in [0.717, 1.165) is 0 Å². The van der Waals surface area contributed by atoms with Crippen molar-refractivity contribution in [2.75, 3.05) is 0 Å². The molecule has 0 atom stereocenters. The zero-order chi connectivity index (χ0) is 7.78. The monoisotopic (exact) mass is 149 g/mol. The minimum atomic E-state index is 1.20. The predicted octanol–water partition coefficient (Wildman–Crippen LogP) is 3.66. The first-order chi connectivity index (χ1) is 5.50. The van der Waals surface area contributed by atoms with Gasteiger partial charge in [-0.3, -0.25) is 0 Å². The second kappa shape index (κ2) is 6.21. The van der Waals surface area contributed by atoms with Crippen LogP contribution in [0, 0.1) is 6.42 Å². The van der Waals surface area contributed by atoms with Crippen molar-refractivity contribution in [1.29, 1.82) is 0 Å². The molecule has 0 heterocycles. The summed E-state index contributed by atoms with van der Waals surface area (Å²) >= 11 is 0. The van der Waals surface area contributed by atoms with Crippen molar-refractivity contribution in [2.45, 2.75) is 38.5 Å². The molecule has 0 aliphatic heterocycles. The van der Waals surface area contributed by atoms with E-state index in [1.165, 1.54) is 38.5 Å². The quantitative estimate of drug-likeness (QED) is 0.461. The Bertz CT molecular complexity index is 115. The summed E-state index contributed by atoms with van der Waals surface area (Å²) in [5, 5.41) is 0. The van der Waals surface area contributed by atoms with Crippen molar-refractivity contribution in [3.63, 3.8) is 0 Å². The Morgan fingerprint density at radius 3 is 2.27 bits per heavy atom. The topological polar surface area (TPSA) is 0 Å². The Balaban J connectivity index is 2.22. The standard InChI is InChI=1S/C11H17/c1-2-4-6-8-10-11-9-7-5-3-1/h1-3,8,10H,4-7,9,11H2/b3-1+,10-8+. The van der Waals surface area contributed by atoms with Gasteiger partial charge < -0.3 is 0 Å². The lowest BCUT2D eigenvalue weighted by molar-refractivity contribution is 0.761. The van der Waals surface area contributed by atoms with E-state index in [0.29, 0.717) is 0 Å². The van der Waals surface area contributed by atoms with Gasteiger partial charge in [-0.15, -0.1) is 0 Å². The van der Waals surface area contributed by atoms with Gasteiger partial charge in [-0.2, -0.15) is 0 Å². The first-order valence-corrected chi connectivity index (χ1v) is 4.63. The van der Waals surface area contributed by atoms with Crippen LogP contribution in [-0.2, 0) is 0 Å². The van der Waals surface area contributed by atoms with Gasteiger partial charge in [0.05, 0.1) is 0 Å². The van der Waals surface area contributed by atoms with Gasteiger partial charge >= 0.3 is 0 Å². The molecule has 1 aliphatic carbocycles. The van der Waals surface area contributed by atoms with Crippen LogP contribution in [0.15, 0.2) is 24.3 Å². The maximum Gasteiger partial charge on any atom is -0.0167 e. The van der Waals surface area contributed by atoms with E-state index >= 15 is 0 Å². The van der Waals surface area contributed by atoms with Gasteiger partial charge in [-0.05, 0) is 44.9 Å². The first-order valence-electron chi connectivity index (χ1n) is 4.63. The average Bonchev–Trinajstić information content (AvgIpc) is 2.08. The van der Waals surface area contributed by atoms with E-state index in [9.17, 15) is 0 Å². The van der Waals surface area contributed by atoms with Gasteiger partial charge in [-0.25, -0.2) is 0 Å². The van der Waals surface area contributed by atoms with E-state index in [4.69, 9.17) is 0 Å². The molecule has 1 rings (SSSR count). The third-order valence-electron chi connectivity index (χ3n) is 1.93. The second-order valence-electron chi connectivity index (χ2n) is 3.00. The zero-order valence-corrected chi connectivity index (χ0v) is 7.13. The van der Waals surface area contributed by atoms with Gasteiger partial charge in [0.25, 0.3) is 0 Å². The Hall–Kier alpha value is -0.520. The summed E-state index contributed by atoms with van der Waals surface area (Å²) in [5.41, 5.74) is 0. The third kappa shape index (κ3) is 4.83. The fraction of sp³-hybridized carbons (Fsp3) is 0.545. The molecule has 0 aromatic carbocycles. The maximum absolute atomic E-state index is 2.32. The highest BCUT2D eigenvalue weighted by molar-refractivity contribution is 4.97. The molecule has 0 nitrogen and oxygen atoms in total. The van der Waals surface area contributed by atoms with Crippen LogP contribution in [0.1, 0.15) is 38.5 Å². The number of hydrogen-bond acceptors (Lipinski definition) is 0. The van der Waals surface area contributed by atoms with Crippen LogP contribution in [0.5, 0.6) is 0 Å². The predicted molar refractivity (Wildman–Crippen MR) is 50.3 cm³/mol. The van der Waals surface area contributed by atoms with Crippen LogP contribution in [-0.4, -0.2) is 0 Å². The van der Waals surface area contributed by atoms with Crippen LogP contribution < -0.4 is 0 Å². The largest absolute Gasteiger partial charge is 0.0885 e. The molecule has 0 amide bonds. The van der Waals surface area contributed by atoms with Crippen molar-refractivity contribution < 1.29 is 0 Å². The van der Waals surface area contributed by atoms with Crippen LogP contribution in [0.2, 0.25) is 0 Å². The molecule has 0 fully saturated rings. The van der Waals surface area contributed by atoms with Gasteiger partial charge in [0.15, 0.2) is 0 Å². The third-order valence-corrected chi connectivity index (χ3v) is 1.93. The lowest BCUT2D eigenvalue weighted by Gasteiger charge is -1.90. The maximum atomic E-state index is 2.32. The van der Waals surface area contributed by atoms with Gasteiger partial charge in [-0.1, -0.05) is 24.3 Å². The summed E-state index contributed by atoms with van der Waals surface area (Å²) in [6.45, 7) is 0. The van der Waals surface area contributed by atoms with E-state index in [2.05, 4.69) is 30.7 Å². The fourth-order valence-electron chi connectivity index (χ4n) is 1.24. The normalized spacial score (nSPS) is 26.9. The van der Waals surface area contributed by atoms with Crippen molar-refractivity contribution in [3.8, 4) is 0 Å². The Labute approximate surface area is 70.0 Å². The molecule has 0 N–H and O–H groups in total. The molecule has 0 saturated carbocycles. The van der Waals surface area contributed by atoms with Crippen LogP contribution in [0.25, 0.3) is 0 Å². The zero-order valence-electron chi connectivity index (χ0n) is 7.13. The summed E-state index contributed by atoms with van der Waals surface area (Å²) in [6.07, 6.45) is 19.0. The minimum absolute atomic E-state index is 1.20. The smallest absolute Gasteiger partial charge is 0.0167 e. The molecule has 0 spiro atoms. The van der Waals surface area contributed by atoms with E-state index < -0.39 is 0 Å². The van der Waals surface area contributed by atoms with Gasteiger partial charge in [0.2, 0.25) is 0 Å². The molecule has 0 aromatic heterocycles. The SMILES string of the molecule is [CH]1/C=C/CCCC/C=C/CC1. The van der Waals surface area contributed by atoms with E-state index in [1.54, 1.807) is 0 Å². The first kappa shape index (κ1) is 8.58. The number of allylic oxidation sites excluding steroid dienone is 4. The van der Waals surface area contributed by atoms with Crippen molar-refractivity contribution in [3.05, 3.63) is 30.7 Å². The molecular weight excluding hydrogens is 132 g/mol.